The van der Waals surface area contributed by atoms with Crippen molar-refractivity contribution in [3.8, 4) is 0 Å². The summed E-state index contributed by atoms with van der Waals surface area (Å²) in [5.74, 6) is 0.647. The first-order valence-corrected chi connectivity index (χ1v) is 14.0. The Hall–Kier alpha value is -1.90. The van der Waals surface area contributed by atoms with E-state index in [9.17, 15) is 13.2 Å². The summed E-state index contributed by atoms with van der Waals surface area (Å²) in [6, 6.07) is 7.27. The number of rotatable bonds is 9. The second-order valence-corrected chi connectivity index (χ2v) is 11.6. The Labute approximate surface area is 198 Å². The molecule has 1 aromatic heterocycles. The highest BCUT2D eigenvalue weighted by Crippen LogP contribution is 2.26. The summed E-state index contributed by atoms with van der Waals surface area (Å²) in [6.45, 7) is 8.10. The van der Waals surface area contributed by atoms with Crippen LogP contribution in [0.2, 0.25) is 0 Å². The van der Waals surface area contributed by atoms with E-state index in [1.807, 2.05) is 22.9 Å². The number of piperidine rings is 2. The molecule has 2 aliphatic heterocycles. The summed E-state index contributed by atoms with van der Waals surface area (Å²) < 4.78 is 29.7. The van der Waals surface area contributed by atoms with Gasteiger partial charge in [-0.3, -0.25) is 4.79 Å². The van der Waals surface area contributed by atoms with Crippen molar-refractivity contribution >= 4 is 26.8 Å². The van der Waals surface area contributed by atoms with E-state index in [-0.39, 0.29) is 5.91 Å². The molecule has 1 amide bonds. The van der Waals surface area contributed by atoms with E-state index in [0.717, 1.165) is 43.3 Å². The minimum Gasteiger partial charge on any atom is -0.356 e. The van der Waals surface area contributed by atoms with Crippen LogP contribution in [0.4, 0.5) is 0 Å². The average molecular weight is 475 g/mol. The number of aromatic nitrogens is 1. The summed E-state index contributed by atoms with van der Waals surface area (Å²) >= 11 is 0. The molecular formula is C25H38N4O3S. The lowest BCUT2D eigenvalue weighted by Crippen LogP contribution is -2.37. The lowest BCUT2D eigenvalue weighted by molar-refractivity contribution is -0.121. The van der Waals surface area contributed by atoms with Gasteiger partial charge in [-0.05, 0) is 81.9 Å². The molecule has 2 fully saturated rings. The highest BCUT2D eigenvalue weighted by atomic mass is 32.2. The SMILES string of the molecule is CC1CCN(S(=O)(=O)c2ccc3c(ccn3CCC(=O)NCCCN3CCCCC3)c2)CC1. The molecule has 0 unspecified atom stereocenters. The van der Waals surface area contributed by atoms with Crippen LogP contribution in [-0.2, 0) is 21.4 Å². The standard InChI is InChI=1S/C25H38N4O3S/c1-21-8-18-29(19-9-21)33(31,32)23-6-7-24-22(20-23)10-16-28(24)17-11-25(30)26-12-5-15-27-13-3-2-4-14-27/h6-7,10,16,20-21H,2-5,8-9,11-15,17-19H2,1H3,(H,26,30). The molecular weight excluding hydrogens is 436 g/mol. The van der Waals surface area contributed by atoms with Crippen LogP contribution in [0.3, 0.4) is 0 Å². The number of amides is 1. The third-order valence-electron chi connectivity index (χ3n) is 7.12. The number of hydrogen-bond donors (Lipinski definition) is 1. The van der Waals surface area contributed by atoms with Crippen LogP contribution >= 0.6 is 0 Å². The van der Waals surface area contributed by atoms with Crippen molar-refractivity contribution in [1.29, 1.82) is 0 Å². The third-order valence-corrected chi connectivity index (χ3v) is 9.02. The predicted octanol–water partition coefficient (Wildman–Crippen LogP) is 3.44. The van der Waals surface area contributed by atoms with E-state index in [1.165, 1.54) is 32.4 Å². The number of benzene rings is 1. The van der Waals surface area contributed by atoms with Gasteiger partial charge in [0, 0.05) is 49.7 Å². The summed E-state index contributed by atoms with van der Waals surface area (Å²) in [6.07, 6.45) is 9.11. The lowest BCUT2D eigenvalue weighted by Gasteiger charge is -2.29. The number of nitrogens with one attached hydrogen (secondary N) is 1. The Morgan fingerprint density at radius 3 is 2.55 bits per heavy atom. The Balaban J connectivity index is 1.28. The van der Waals surface area contributed by atoms with E-state index in [2.05, 4.69) is 17.1 Å². The van der Waals surface area contributed by atoms with Gasteiger partial charge in [0.05, 0.1) is 4.90 Å². The van der Waals surface area contributed by atoms with Crippen molar-refractivity contribution in [3.05, 3.63) is 30.5 Å². The molecule has 0 radical (unpaired) electrons. The van der Waals surface area contributed by atoms with Gasteiger partial charge >= 0.3 is 0 Å². The van der Waals surface area contributed by atoms with Crippen LogP contribution < -0.4 is 5.32 Å². The first-order valence-electron chi connectivity index (χ1n) is 12.5. The van der Waals surface area contributed by atoms with Gasteiger partial charge in [0.1, 0.15) is 0 Å². The normalized spacial score (nSPS) is 19.2. The molecule has 2 aliphatic rings. The molecule has 2 saturated heterocycles. The maximum atomic E-state index is 13.0. The predicted molar refractivity (Wildman–Crippen MR) is 132 cm³/mol. The topological polar surface area (TPSA) is 74.6 Å². The van der Waals surface area contributed by atoms with Crippen molar-refractivity contribution in [3.63, 3.8) is 0 Å². The second-order valence-electron chi connectivity index (χ2n) is 9.67. The van der Waals surface area contributed by atoms with Crippen molar-refractivity contribution in [2.75, 3.05) is 39.3 Å². The number of sulfonamides is 1. The largest absolute Gasteiger partial charge is 0.356 e. The summed E-state index contributed by atoms with van der Waals surface area (Å²) in [7, 11) is -3.46. The Kier molecular flexibility index (Phi) is 8.09. The smallest absolute Gasteiger partial charge is 0.243 e. The average Bonchev–Trinajstić information content (AvgIpc) is 3.24. The quantitative estimate of drug-likeness (QED) is 0.565. The highest BCUT2D eigenvalue weighted by Gasteiger charge is 2.28. The molecule has 33 heavy (non-hydrogen) atoms. The Bertz CT molecular complexity index is 1040. The van der Waals surface area contributed by atoms with Crippen LogP contribution in [-0.4, -0.2) is 67.4 Å². The summed E-state index contributed by atoms with van der Waals surface area (Å²) in [5, 5.41) is 3.93. The molecule has 0 aliphatic carbocycles. The third kappa shape index (κ3) is 6.16. The van der Waals surface area contributed by atoms with Crippen LogP contribution in [0.5, 0.6) is 0 Å². The molecule has 0 atom stereocenters. The van der Waals surface area contributed by atoms with Crippen LogP contribution in [0.25, 0.3) is 10.9 Å². The van der Waals surface area contributed by atoms with Gasteiger partial charge < -0.3 is 14.8 Å². The van der Waals surface area contributed by atoms with E-state index >= 15 is 0 Å². The monoisotopic (exact) mass is 474 g/mol. The molecule has 4 rings (SSSR count). The first kappa shape index (κ1) is 24.2. The fourth-order valence-electron chi connectivity index (χ4n) is 4.93. The fourth-order valence-corrected chi connectivity index (χ4v) is 6.44. The van der Waals surface area contributed by atoms with Gasteiger partial charge in [0.25, 0.3) is 0 Å². The highest BCUT2D eigenvalue weighted by molar-refractivity contribution is 7.89. The summed E-state index contributed by atoms with van der Waals surface area (Å²) in [5.41, 5.74) is 0.958. The molecule has 1 aromatic carbocycles. The van der Waals surface area contributed by atoms with Crippen LogP contribution in [0.15, 0.2) is 35.4 Å². The van der Waals surface area contributed by atoms with Gasteiger partial charge in [0.2, 0.25) is 15.9 Å². The molecule has 7 nitrogen and oxygen atoms in total. The van der Waals surface area contributed by atoms with Crippen LogP contribution in [0, 0.1) is 5.92 Å². The maximum absolute atomic E-state index is 13.0. The van der Waals surface area contributed by atoms with E-state index < -0.39 is 10.0 Å². The number of hydrogen-bond acceptors (Lipinski definition) is 4. The molecule has 182 valence electrons. The molecule has 8 heteroatoms. The van der Waals surface area contributed by atoms with Gasteiger partial charge in [-0.25, -0.2) is 8.42 Å². The zero-order chi connectivity index (χ0) is 23.3. The van der Waals surface area contributed by atoms with E-state index in [0.29, 0.717) is 36.9 Å². The number of nitrogens with zero attached hydrogens (tertiary/aromatic N) is 3. The van der Waals surface area contributed by atoms with Gasteiger partial charge in [-0.15, -0.1) is 0 Å². The van der Waals surface area contributed by atoms with Crippen LogP contribution in [0.1, 0.15) is 51.9 Å². The lowest BCUT2D eigenvalue weighted by atomic mass is 10.0. The molecule has 2 aromatic rings. The minimum atomic E-state index is -3.46. The van der Waals surface area contributed by atoms with Gasteiger partial charge in [0.15, 0.2) is 0 Å². The Morgan fingerprint density at radius 2 is 1.79 bits per heavy atom. The minimum absolute atomic E-state index is 0.0639. The number of likely N-dealkylation sites (tertiary alicyclic amines) is 1. The van der Waals surface area contributed by atoms with Gasteiger partial charge in [-0.2, -0.15) is 4.31 Å². The molecule has 0 saturated carbocycles. The van der Waals surface area contributed by atoms with Crippen molar-refractivity contribution < 1.29 is 13.2 Å². The number of aryl methyl sites for hydroxylation is 1. The number of carbonyl (C=O) groups excluding carboxylic acids is 1. The molecule has 0 spiro atoms. The number of fused-ring (bicyclic) bond motifs is 1. The number of carbonyl (C=O) groups is 1. The maximum Gasteiger partial charge on any atom is 0.243 e. The van der Waals surface area contributed by atoms with Crippen molar-refractivity contribution in [2.24, 2.45) is 5.92 Å². The molecule has 1 N–H and O–H groups in total. The van der Waals surface area contributed by atoms with Crippen molar-refractivity contribution in [1.82, 2.24) is 19.1 Å². The van der Waals surface area contributed by atoms with E-state index in [4.69, 9.17) is 0 Å². The molecule has 0 bridgehead atoms. The first-order chi connectivity index (χ1) is 15.9. The Morgan fingerprint density at radius 1 is 1.03 bits per heavy atom. The van der Waals surface area contributed by atoms with Crippen molar-refractivity contribution in [2.45, 2.75) is 63.3 Å². The molecule has 3 heterocycles. The zero-order valence-corrected chi connectivity index (χ0v) is 20.7. The zero-order valence-electron chi connectivity index (χ0n) is 19.8. The second kappa shape index (κ2) is 11.0. The van der Waals surface area contributed by atoms with E-state index in [1.54, 1.807) is 16.4 Å². The fraction of sp³-hybridized carbons (Fsp3) is 0.640. The van der Waals surface area contributed by atoms with Gasteiger partial charge in [-0.1, -0.05) is 13.3 Å². The summed E-state index contributed by atoms with van der Waals surface area (Å²) in [4.78, 5) is 15.1.